The van der Waals surface area contributed by atoms with Crippen LogP contribution in [0.5, 0.6) is 0 Å². The van der Waals surface area contributed by atoms with Gasteiger partial charge in [-0.1, -0.05) is 338 Å². The lowest BCUT2D eigenvalue weighted by atomic mass is 10.0. The fourth-order valence-electron chi connectivity index (χ4n) is 10.3. The molecule has 1 atom stereocenters. The van der Waals surface area contributed by atoms with Crippen LogP contribution < -0.4 is 0 Å². The Bertz CT molecular complexity index is 1410. The van der Waals surface area contributed by atoms with Gasteiger partial charge in [0.15, 0.2) is 6.10 Å². The van der Waals surface area contributed by atoms with Crippen molar-refractivity contribution in [3.05, 3.63) is 60.8 Å². The maximum absolute atomic E-state index is 12.9. The number of carbonyl (C=O) groups is 3. The predicted molar refractivity (Wildman–Crippen MR) is 344 cm³/mol. The van der Waals surface area contributed by atoms with Crippen LogP contribution in [-0.4, -0.2) is 37.2 Å². The van der Waals surface area contributed by atoms with Crippen LogP contribution in [0.25, 0.3) is 0 Å². The molecule has 0 rings (SSSR count). The lowest BCUT2D eigenvalue weighted by Crippen LogP contribution is -2.30. The van der Waals surface area contributed by atoms with Gasteiger partial charge in [0.25, 0.3) is 0 Å². The van der Waals surface area contributed by atoms with Crippen LogP contribution in [0.3, 0.4) is 0 Å². The summed E-state index contributed by atoms with van der Waals surface area (Å²) in [6.07, 6.45) is 87.1. The van der Waals surface area contributed by atoms with Crippen LogP contribution >= 0.6 is 0 Å². The van der Waals surface area contributed by atoms with E-state index in [0.717, 1.165) is 64.2 Å². The highest BCUT2D eigenvalue weighted by molar-refractivity contribution is 5.71. The highest BCUT2D eigenvalue weighted by Crippen LogP contribution is 2.18. The Morgan fingerprint density at radius 3 is 0.848 bits per heavy atom. The van der Waals surface area contributed by atoms with Crippen molar-refractivity contribution in [2.24, 2.45) is 0 Å². The highest BCUT2D eigenvalue weighted by atomic mass is 16.6. The monoisotopic (exact) mass is 1110 g/mol. The molecule has 0 saturated heterocycles. The second-order valence-electron chi connectivity index (χ2n) is 23.4. The van der Waals surface area contributed by atoms with Crippen LogP contribution in [0.2, 0.25) is 0 Å². The zero-order valence-electron chi connectivity index (χ0n) is 52.9. The van der Waals surface area contributed by atoms with Crippen molar-refractivity contribution in [1.82, 2.24) is 0 Å². The van der Waals surface area contributed by atoms with E-state index in [4.69, 9.17) is 14.2 Å². The lowest BCUT2D eigenvalue weighted by Gasteiger charge is -2.18. The lowest BCUT2D eigenvalue weighted by molar-refractivity contribution is -0.166. The van der Waals surface area contributed by atoms with Crippen molar-refractivity contribution in [2.75, 3.05) is 13.2 Å². The largest absolute Gasteiger partial charge is 0.462 e. The zero-order chi connectivity index (χ0) is 57.1. The topological polar surface area (TPSA) is 78.9 Å². The number of unbranched alkanes of at least 4 members (excludes halogenated alkanes) is 43. The van der Waals surface area contributed by atoms with Gasteiger partial charge < -0.3 is 14.2 Å². The molecule has 0 spiro atoms. The van der Waals surface area contributed by atoms with E-state index >= 15 is 0 Å². The third-order valence-corrected chi connectivity index (χ3v) is 15.5. The van der Waals surface area contributed by atoms with E-state index in [0.29, 0.717) is 19.3 Å². The van der Waals surface area contributed by atoms with Gasteiger partial charge in [0.05, 0.1) is 0 Å². The van der Waals surface area contributed by atoms with E-state index in [1.165, 1.54) is 257 Å². The number of hydrogen-bond acceptors (Lipinski definition) is 6. The fourth-order valence-corrected chi connectivity index (χ4v) is 10.3. The van der Waals surface area contributed by atoms with Gasteiger partial charge in [-0.3, -0.25) is 14.4 Å². The van der Waals surface area contributed by atoms with Crippen molar-refractivity contribution in [2.45, 2.75) is 374 Å². The van der Waals surface area contributed by atoms with Gasteiger partial charge in [0.1, 0.15) is 13.2 Å². The maximum atomic E-state index is 12.9. The average Bonchev–Trinajstić information content (AvgIpc) is 3.45. The number of carbonyl (C=O) groups excluding carboxylic acids is 3. The highest BCUT2D eigenvalue weighted by Gasteiger charge is 2.19. The first kappa shape index (κ1) is 76.1. The zero-order valence-corrected chi connectivity index (χ0v) is 52.9. The SMILES string of the molecule is CC/C=C\C/C=C\C/C=C\C/C=C\CCC(=O)OCC(COC(=O)CCCCCCCCCCCCCCCCCCCCCCCCCCCCCCC)OC(=O)CCCCCCCCCCC/C=C\CCCCCCCC. The van der Waals surface area contributed by atoms with Gasteiger partial charge in [0.2, 0.25) is 0 Å². The number of allylic oxidation sites excluding steroid dienone is 10. The molecule has 0 heterocycles. The van der Waals surface area contributed by atoms with Crippen LogP contribution in [0.15, 0.2) is 60.8 Å². The summed E-state index contributed by atoms with van der Waals surface area (Å²) in [4.78, 5) is 38.3. The minimum Gasteiger partial charge on any atom is -0.462 e. The number of hydrogen-bond donors (Lipinski definition) is 0. The molecule has 0 radical (unpaired) electrons. The molecule has 6 nitrogen and oxygen atoms in total. The van der Waals surface area contributed by atoms with E-state index in [9.17, 15) is 14.4 Å². The standard InChI is InChI=1S/C73H132O6/c1-4-7-10-13-16-19-22-25-27-29-31-32-33-34-35-36-37-38-39-40-42-43-45-48-51-54-57-60-63-66-72(75)78-69-70(68-77-71(74)65-62-59-56-53-50-47-24-21-18-15-12-9-6-3)79-73(76)67-64-61-58-55-52-49-46-44-41-30-28-26-23-20-17-14-11-8-5-2/h9,12,18,21,26,28,47,50,56,59,70H,4-8,10-11,13-17,19-20,22-25,27,29-46,48-49,51-55,57-58,60-69H2,1-3H3/b12-9-,21-18-,28-26-,50-47-,59-56-. The van der Waals surface area contributed by atoms with Gasteiger partial charge in [-0.25, -0.2) is 0 Å². The van der Waals surface area contributed by atoms with Crippen molar-refractivity contribution >= 4 is 17.9 Å². The molecular weight excluding hydrogens is 973 g/mol. The molecule has 0 aliphatic carbocycles. The van der Waals surface area contributed by atoms with Crippen molar-refractivity contribution in [1.29, 1.82) is 0 Å². The molecule has 1 unspecified atom stereocenters. The molecule has 6 heteroatoms. The minimum atomic E-state index is -0.804. The molecule has 0 aromatic rings. The van der Waals surface area contributed by atoms with E-state index in [1.54, 1.807) is 0 Å². The maximum Gasteiger partial charge on any atom is 0.306 e. The van der Waals surface area contributed by atoms with E-state index < -0.39 is 6.10 Å². The minimum absolute atomic E-state index is 0.0935. The fraction of sp³-hybridized carbons (Fsp3) is 0.822. The summed E-state index contributed by atoms with van der Waals surface area (Å²) in [6.45, 7) is 6.51. The predicted octanol–water partition coefficient (Wildman–Crippen LogP) is 23.9. The van der Waals surface area contributed by atoms with Gasteiger partial charge in [-0.05, 0) is 70.6 Å². The third kappa shape index (κ3) is 65.8. The Labute approximate surface area is 491 Å². The average molecular weight is 1110 g/mol. The summed E-state index contributed by atoms with van der Waals surface area (Å²) >= 11 is 0. The molecule has 0 saturated carbocycles. The summed E-state index contributed by atoms with van der Waals surface area (Å²) in [5, 5.41) is 0. The van der Waals surface area contributed by atoms with Crippen LogP contribution in [0.4, 0.5) is 0 Å². The number of esters is 3. The molecule has 460 valence electrons. The summed E-state index contributed by atoms with van der Waals surface area (Å²) in [5.74, 6) is -0.960. The molecule has 0 aromatic heterocycles. The van der Waals surface area contributed by atoms with Gasteiger partial charge in [-0.2, -0.15) is 0 Å². The van der Waals surface area contributed by atoms with Gasteiger partial charge >= 0.3 is 17.9 Å². The first-order valence-electron chi connectivity index (χ1n) is 34.8. The van der Waals surface area contributed by atoms with Crippen molar-refractivity contribution < 1.29 is 28.6 Å². The van der Waals surface area contributed by atoms with Crippen LogP contribution in [0.1, 0.15) is 367 Å². The molecule has 79 heavy (non-hydrogen) atoms. The van der Waals surface area contributed by atoms with Crippen LogP contribution in [0, 0.1) is 0 Å². The van der Waals surface area contributed by atoms with E-state index in [2.05, 4.69) is 75.5 Å². The Hall–Kier alpha value is -2.89. The third-order valence-electron chi connectivity index (χ3n) is 15.5. The molecule has 0 N–H and O–H groups in total. The van der Waals surface area contributed by atoms with E-state index in [1.807, 2.05) is 6.08 Å². The first-order chi connectivity index (χ1) is 39.0. The van der Waals surface area contributed by atoms with Crippen molar-refractivity contribution in [3.8, 4) is 0 Å². The second kappa shape index (κ2) is 67.6. The molecule has 0 aliphatic heterocycles. The molecule has 0 bridgehead atoms. The first-order valence-corrected chi connectivity index (χ1v) is 34.8. The molecule has 0 amide bonds. The van der Waals surface area contributed by atoms with Crippen molar-refractivity contribution in [3.63, 3.8) is 0 Å². The normalized spacial score (nSPS) is 12.4. The summed E-state index contributed by atoms with van der Waals surface area (Å²) in [5.41, 5.74) is 0. The van der Waals surface area contributed by atoms with Crippen LogP contribution in [-0.2, 0) is 28.6 Å². The molecule has 0 aromatic carbocycles. The second-order valence-corrected chi connectivity index (χ2v) is 23.4. The summed E-state index contributed by atoms with van der Waals surface area (Å²) in [6, 6.07) is 0. The summed E-state index contributed by atoms with van der Waals surface area (Å²) < 4.78 is 16.9. The Morgan fingerprint density at radius 2 is 0.519 bits per heavy atom. The molecule has 0 aliphatic rings. The summed E-state index contributed by atoms with van der Waals surface area (Å²) in [7, 11) is 0. The van der Waals surface area contributed by atoms with Gasteiger partial charge in [0, 0.05) is 19.3 Å². The molecular formula is C73H132O6. The number of ether oxygens (including phenoxy) is 3. The Morgan fingerprint density at radius 1 is 0.266 bits per heavy atom. The van der Waals surface area contributed by atoms with Gasteiger partial charge in [-0.15, -0.1) is 0 Å². The Kier molecular flexibility index (Phi) is 65.1. The number of rotatable bonds is 64. The van der Waals surface area contributed by atoms with E-state index in [-0.39, 0.29) is 37.5 Å². The Balaban J connectivity index is 4.21. The quantitative estimate of drug-likeness (QED) is 0.0261. The smallest absolute Gasteiger partial charge is 0.306 e. The molecule has 0 fully saturated rings.